The van der Waals surface area contributed by atoms with Crippen LogP contribution in [0.1, 0.15) is 12.8 Å². The lowest BCUT2D eigenvalue weighted by Gasteiger charge is -2.31. The van der Waals surface area contributed by atoms with Gasteiger partial charge in [-0.25, -0.2) is 4.79 Å². The summed E-state index contributed by atoms with van der Waals surface area (Å²) >= 11 is 5.98. The standard InChI is InChI=1S/C13H18ClN3O2/c1-19-12-8-10(2-3-11(12)14)16-9-4-6-17(7-5-9)13(15)18/h2-3,8-9,16H,4-7H2,1H3,(H2,15,18). The van der Waals surface area contributed by atoms with Gasteiger partial charge in [-0.2, -0.15) is 0 Å². The van der Waals surface area contributed by atoms with Crippen molar-refractivity contribution in [2.24, 2.45) is 5.73 Å². The first-order chi connectivity index (χ1) is 9.10. The summed E-state index contributed by atoms with van der Waals surface area (Å²) in [5, 5.41) is 4.02. The molecule has 6 heteroatoms. The van der Waals surface area contributed by atoms with Gasteiger partial charge in [-0.3, -0.25) is 0 Å². The average molecular weight is 284 g/mol. The van der Waals surface area contributed by atoms with E-state index in [4.69, 9.17) is 22.1 Å². The summed E-state index contributed by atoms with van der Waals surface area (Å²) in [5.41, 5.74) is 6.23. The van der Waals surface area contributed by atoms with Crippen LogP contribution in [-0.2, 0) is 0 Å². The summed E-state index contributed by atoms with van der Waals surface area (Å²) in [7, 11) is 1.59. The van der Waals surface area contributed by atoms with Gasteiger partial charge in [0.2, 0.25) is 0 Å². The SMILES string of the molecule is COc1cc(NC2CCN(C(N)=O)CC2)ccc1Cl. The molecule has 0 aliphatic carbocycles. The number of hydrogen-bond donors (Lipinski definition) is 2. The fraction of sp³-hybridized carbons (Fsp3) is 0.462. The molecule has 1 saturated heterocycles. The van der Waals surface area contributed by atoms with Gasteiger partial charge in [-0.15, -0.1) is 0 Å². The molecule has 0 spiro atoms. The maximum atomic E-state index is 11.0. The predicted octanol–water partition coefficient (Wildman–Crippen LogP) is 2.30. The molecule has 1 aromatic rings. The molecule has 0 saturated carbocycles. The van der Waals surface area contributed by atoms with Gasteiger partial charge in [0, 0.05) is 30.9 Å². The highest BCUT2D eigenvalue weighted by Gasteiger charge is 2.21. The molecule has 1 aromatic carbocycles. The van der Waals surface area contributed by atoms with E-state index < -0.39 is 0 Å². The van der Waals surface area contributed by atoms with E-state index in [-0.39, 0.29) is 6.03 Å². The third-order valence-electron chi connectivity index (χ3n) is 3.33. The number of piperidine rings is 1. The Bertz CT molecular complexity index is 459. The number of nitrogens with one attached hydrogen (secondary N) is 1. The summed E-state index contributed by atoms with van der Waals surface area (Å²) in [6.45, 7) is 1.38. The highest BCUT2D eigenvalue weighted by atomic mass is 35.5. The van der Waals surface area contributed by atoms with Gasteiger partial charge in [-0.1, -0.05) is 11.6 Å². The van der Waals surface area contributed by atoms with E-state index in [9.17, 15) is 4.79 Å². The van der Waals surface area contributed by atoms with E-state index >= 15 is 0 Å². The van der Waals surface area contributed by atoms with Crippen molar-refractivity contribution in [2.45, 2.75) is 18.9 Å². The zero-order valence-electron chi connectivity index (χ0n) is 10.9. The fourth-order valence-corrected chi connectivity index (χ4v) is 2.42. The van der Waals surface area contributed by atoms with Crippen LogP contribution in [0.5, 0.6) is 5.75 Å². The van der Waals surface area contributed by atoms with Crippen LogP contribution in [0.4, 0.5) is 10.5 Å². The molecule has 0 aromatic heterocycles. The number of urea groups is 1. The van der Waals surface area contributed by atoms with Crippen molar-refractivity contribution >= 4 is 23.3 Å². The number of carbonyl (C=O) groups excluding carboxylic acids is 1. The molecule has 1 aliphatic heterocycles. The number of methoxy groups -OCH3 is 1. The number of halogens is 1. The third kappa shape index (κ3) is 3.44. The quantitative estimate of drug-likeness (QED) is 0.894. The van der Waals surface area contributed by atoms with Gasteiger partial charge < -0.3 is 20.7 Å². The zero-order chi connectivity index (χ0) is 13.8. The topological polar surface area (TPSA) is 67.6 Å². The molecule has 2 rings (SSSR count). The van der Waals surface area contributed by atoms with Crippen LogP contribution in [-0.4, -0.2) is 37.2 Å². The lowest BCUT2D eigenvalue weighted by Crippen LogP contribution is -2.44. The number of nitrogens with zero attached hydrogens (tertiary/aromatic N) is 1. The first kappa shape index (κ1) is 13.8. The zero-order valence-corrected chi connectivity index (χ0v) is 11.6. The minimum Gasteiger partial charge on any atom is -0.495 e. The molecule has 1 fully saturated rings. The Morgan fingerprint density at radius 1 is 1.47 bits per heavy atom. The first-order valence-electron chi connectivity index (χ1n) is 6.24. The van der Waals surface area contributed by atoms with E-state index in [1.807, 2.05) is 12.1 Å². The van der Waals surface area contributed by atoms with Gasteiger partial charge in [0.1, 0.15) is 5.75 Å². The summed E-state index contributed by atoms with van der Waals surface area (Å²) in [6, 6.07) is 5.60. The monoisotopic (exact) mass is 283 g/mol. The number of hydrogen-bond acceptors (Lipinski definition) is 3. The van der Waals surface area contributed by atoms with Gasteiger partial charge in [-0.05, 0) is 25.0 Å². The molecule has 5 nitrogen and oxygen atoms in total. The summed E-state index contributed by atoms with van der Waals surface area (Å²) < 4.78 is 5.18. The highest BCUT2D eigenvalue weighted by Crippen LogP contribution is 2.28. The predicted molar refractivity (Wildman–Crippen MR) is 75.8 cm³/mol. The molecule has 1 heterocycles. The molecule has 1 aliphatic rings. The van der Waals surface area contributed by atoms with Crippen LogP contribution >= 0.6 is 11.6 Å². The summed E-state index contributed by atoms with van der Waals surface area (Å²) in [5.74, 6) is 0.654. The Kier molecular flexibility index (Phi) is 4.37. The lowest BCUT2D eigenvalue weighted by molar-refractivity contribution is 0.193. The van der Waals surface area contributed by atoms with Crippen LogP contribution in [0.25, 0.3) is 0 Å². The van der Waals surface area contributed by atoms with E-state index in [2.05, 4.69) is 5.32 Å². The number of benzene rings is 1. The number of carbonyl (C=O) groups is 1. The molecule has 2 amide bonds. The van der Waals surface area contributed by atoms with Crippen LogP contribution < -0.4 is 15.8 Å². The highest BCUT2D eigenvalue weighted by molar-refractivity contribution is 6.32. The number of ether oxygens (including phenoxy) is 1. The van der Waals surface area contributed by atoms with E-state index in [1.165, 1.54) is 0 Å². The van der Waals surface area contributed by atoms with Crippen molar-refractivity contribution in [1.29, 1.82) is 0 Å². The Hall–Kier alpha value is -1.62. The number of primary amides is 1. The largest absolute Gasteiger partial charge is 0.495 e. The minimum atomic E-state index is -0.341. The molecule has 0 bridgehead atoms. The van der Waals surface area contributed by atoms with Crippen LogP contribution in [0.15, 0.2) is 18.2 Å². The van der Waals surface area contributed by atoms with Crippen molar-refractivity contribution in [3.63, 3.8) is 0 Å². The van der Waals surface area contributed by atoms with Crippen LogP contribution in [0, 0.1) is 0 Å². The number of anilines is 1. The number of amides is 2. The average Bonchev–Trinajstić information content (AvgIpc) is 2.41. The van der Waals surface area contributed by atoms with Crippen molar-refractivity contribution in [1.82, 2.24) is 4.90 Å². The van der Waals surface area contributed by atoms with Crippen LogP contribution in [0.2, 0.25) is 5.02 Å². The first-order valence-corrected chi connectivity index (χ1v) is 6.62. The maximum absolute atomic E-state index is 11.0. The van der Waals surface area contributed by atoms with Crippen molar-refractivity contribution < 1.29 is 9.53 Å². The molecule has 0 radical (unpaired) electrons. The molecule has 104 valence electrons. The Morgan fingerprint density at radius 3 is 2.74 bits per heavy atom. The van der Waals surface area contributed by atoms with Gasteiger partial charge >= 0.3 is 6.03 Å². The lowest BCUT2D eigenvalue weighted by atomic mass is 10.0. The maximum Gasteiger partial charge on any atom is 0.314 e. The van der Waals surface area contributed by atoms with Crippen molar-refractivity contribution in [3.05, 3.63) is 23.2 Å². The number of rotatable bonds is 3. The molecule has 3 N–H and O–H groups in total. The van der Waals surface area contributed by atoms with E-state index in [0.29, 0.717) is 29.9 Å². The van der Waals surface area contributed by atoms with Crippen molar-refractivity contribution in [3.8, 4) is 5.75 Å². The Morgan fingerprint density at radius 2 is 2.16 bits per heavy atom. The smallest absolute Gasteiger partial charge is 0.314 e. The Labute approximate surface area is 117 Å². The van der Waals surface area contributed by atoms with E-state index in [1.54, 1.807) is 18.1 Å². The molecular weight excluding hydrogens is 266 g/mol. The van der Waals surface area contributed by atoms with Gasteiger partial charge in [0.05, 0.1) is 12.1 Å². The second-order valence-electron chi connectivity index (χ2n) is 4.59. The van der Waals surface area contributed by atoms with Crippen molar-refractivity contribution in [2.75, 3.05) is 25.5 Å². The second kappa shape index (κ2) is 6.02. The van der Waals surface area contributed by atoms with Gasteiger partial charge in [0.25, 0.3) is 0 Å². The summed E-state index contributed by atoms with van der Waals surface area (Å²) in [4.78, 5) is 12.7. The Balaban J connectivity index is 1.94. The molecule has 19 heavy (non-hydrogen) atoms. The minimum absolute atomic E-state index is 0.335. The number of likely N-dealkylation sites (tertiary alicyclic amines) is 1. The number of nitrogens with two attached hydrogens (primary N) is 1. The summed E-state index contributed by atoms with van der Waals surface area (Å²) in [6.07, 6.45) is 1.77. The normalized spacial score (nSPS) is 16.2. The molecular formula is C13H18ClN3O2. The van der Waals surface area contributed by atoms with Crippen LogP contribution in [0.3, 0.4) is 0 Å². The van der Waals surface area contributed by atoms with Gasteiger partial charge in [0.15, 0.2) is 0 Å². The third-order valence-corrected chi connectivity index (χ3v) is 3.64. The molecule has 0 unspecified atom stereocenters. The fourth-order valence-electron chi connectivity index (χ4n) is 2.23. The second-order valence-corrected chi connectivity index (χ2v) is 5.00. The van der Waals surface area contributed by atoms with E-state index in [0.717, 1.165) is 18.5 Å². The molecule has 0 atom stereocenters.